The van der Waals surface area contributed by atoms with E-state index in [0.29, 0.717) is 5.56 Å². The van der Waals surface area contributed by atoms with E-state index in [4.69, 9.17) is 9.72 Å². The fraction of sp³-hybridized carbons (Fsp3) is 0.393. The maximum absolute atomic E-state index is 12.6. The number of rotatable bonds is 6. The molecule has 0 N–H and O–H groups in total. The number of anilines is 1. The van der Waals surface area contributed by atoms with Gasteiger partial charge < -0.3 is 9.64 Å². The largest absolute Gasteiger partial charge is 0.368 e. The number of piperidine rings is 1. The number of ketones is 1. The third-order valence-electron chi connectivity index (χ3n) is 6.75. The zero-order chi connectivity index (χ0) is 26.2. The highest BCUT2D eigenvalue weighted by Crippen LogP contribution is 2.32. The number of aryl methyl sites for hydroxylation is 1. The lowest BCUT2D eigenvalue weighted by Gasteiger charge is -2.32. The summed E-state index contributed by atoms with van der Waals surface area (Å²) >= 11 is 0. The molecule has 9 heteroatoms. The van der Waals surface area contributed by atoms with Gasteiger partial charge in [0.1, 0.15) is 18.5 Å². The van der Waals surface area contributed by atoms with Crippen molar-refractivity contribution in [1.29, 1.82) is 5.26 Å². The van der Waals surface area contributed by atoms with Crippen LogP contribution in [0.3, 0.4) is 0 Å². The molecule has 1 fully saturated rings. The van der Waals surface area contributed by atoms with Crippen LogP contribution in [0.2, 0.25) is 0 Å². The van der Waals surface area contributed by atoms with E-state index in [1.165, 1.54) is 0 Å². The monoisotopic (exact) mass is 497 g/mol. The summed E-state index contributed by atoms with van der Waals surface area (Å²) in [6, 6.07) is 8.35. The summed E-state index contributed by atoms with van der Waals surface area (Å²) in [5, 5.41) is 18.4. The van der Waals surface area contributed by atoms with Crippen molar-refractivity contribution in [2.24, 2.45) is 13.0 Å². The quantitative estimate of drug-likeness (QED) is 0.392. The van der Waals surface area contributed by atoms with Crippen LogP contribution in [0.5, 0.6) is 0 Å². The number of pyridine rings is 2. The summed E-state index contributed by atoms with van der Waals surface area (Å²) in [4.78, 5) is 19.5. The minimum Gasteiger partial charge on any atom is -0.368 e. The predicted octanol–water partition coefficient (Wildman–Crippen LogP) is 4.27. The summed E-state index contributed by atoms with van der Waals surface area (Å²) in [5.74, 6) is 1.10. The number of ether oxygens (including phenoxy) is 1. The first kappa shape index (κ1) is 24.7. The highest BCUT2D eigenvalue weighted by Gasteiger charge is 2.27. The Labute approximate surface area is 216 Å². The Bertz CT molecular complexity index is 1460. The van der Waals surface area contributed by atoms with Gasteiger partial charge in [0.05, 0.1) is 29.1 Å². The minimum absolute atomic E-state index is 0.0349. The normalized spacial score (nSPS) is 14.7. The van der Waals surface area contributed by atoms with Gasteiger partial charge in [0, 0.05) is 66.9 Å². The summed E-state index contributed by atoms with van der Waals surface area (Å²) in [6.07, 6.45) is 10.7. The molecule has 0 amide bonds. The zero-order valence-corrected chi connectivity index (χ0v) is 21.7. The van der Waals surface area contributed by atoms with Crippen molar-refractivity contribution in [2.45, 2.75) is 39.2 Å². The third kappa shape index (κ3) is 5.25. The van der Waals surface area contributed by atoms with Gasteiger partial charge in [-0.15, -0.1) is 0 Å². The second-order valence-electron chi connectivity index (χ2n) is 10.5. The van der Waals surface area contributed by atoms with E-state index in [1.807, 2.05) is 64.7 Å². The second-order valence-corrected chi connectivity index (χ2v) is 10.5. The van der Waals surface area contributed by atoms with E-state index in [0.717, 1.165) is 59.5 Å². The summed E-state index contributed by atoms with van der Waals surface area (Å²) < 4.78 is 9.19. The lowest BCUT2D eigenvalue weighted by atomic mass is 9.92. The van der Waals surface area contributed by atoms with Gasteiger partial charge in [-0.3, -0.25) is 9.48 Å². The van der Waals surface area contributed by atoms with Crippen LogP contribution in [-0.2, 0) is 16.6 Å². The van der Waals surface area contributed by atoms with Crippen molar-refractivity contribution >= 4 is 17.1 Å². The van der Waals surface area contributed by atoms with E-state index in [1.54, 1.807) is 15.4 Å². The van der Waals surface area contributed by atoms with Crippen LogP contribution in [0, 0.1) is 17.2 Å². The summed E-state index contributed by atoms with van der Waals surface area (Å²) in [7, 11) is 1.88. The number of carbonyl (C=O) groups is 1. The van der Waals surface area contributed by atoms with E-state index in [9.17, 15) is 10.1 Å². The predicted molar refractivity (Wildman–Crippen MR) is 141 cm³/mol. The molecule has 37 heavy (non-hydrogen) atoms. The Kier molecular flexibility index (Phi) is 6.52. The SMILES string of the molecule is Cn1cc(-c2cc(-c3ccc(N4CCC(C(=O)COC(C)(C)C)CC4)nc3)c3c(C#N)cnn3c2)cn1. The Balaban J connectivity index is 1.36. The minimum atomic E-state index is -0.309. The number of carbonyl (C=O) groups excluding carboxylic acids is 1. The van der Waals surface area contributed by atoms with Crippen molar-refractivity contribution in [3.8, 4) is 28.3 Å². The number of hydrogen-bond acceptors (Lipinski definition) is 7. The van der Waals surface area contributed by atoms with E-state index in [2.05, 4.69) is 27.2 Å². The Morgan fingerprint density at radius 3 is 2.49 bits per heavy atom. The Hall–Kier alpha value is -4.03. The van der Waals surface area contributed by atoms with Crippen molar-refractivity contribution in [1.82, 2.24) is 24.4 Å². The Morgan fingerprint density at radius 1 is 1.08 bits per heavy atom. The first-order valence-electron chi connectivity index (χ1n) is 12.5. The number of hydrogen-bond donors (Lipinski definition) is 0. The zero-order valence-electron chi connectivity index (χ0n) is 21.7. The number of fused-ring (bicyclic) bond motifs is 1. The second kappa shape index (κ2) is 9.79. The molecule has 0 radical (unpaired) electrons. The molecule has 5 rings (SSSR count). The van der Waals surface area contributed by atoms with Crippen LogP contribution in [0.4, 0.5) is 5.82 Å². The number of nitriles is 1. The van der Waals surface area contributed by atoms with Gasteiger partial charge in [-0.05, 0) is 51.8 Å². The van der Waals surface area contributed by atoms with E-state index in [-0.39, 0.29) is 23.9 Å². The van der Waals surface area contributed by atoms with Crippen LogP contribution in [0.25, 0.3) is 27.8 Å². The fourth-order valence-corrected chi connectivity index (χ4v) is 4.72. The van der Waals surface area contributed by atoms with E-state index < -0.39 is 0 Å². The van der Waals surface area contributed by atoms with Gasteiger partial charge in [-0.25, -0.2) is 9.50 Å². The highest BCUT2D eigenvalue weighted by atomic mass is 16.5. The number of nitrogens with zero attached hydrogens (tertiary/aromatic N) is 7. The lowest BCUT2D eigenvalue weighted by molar-refractivity contribution is -0.132. The first-order valence-corrected chi connectivity index (χ1v) is 12.5. The summed E-state index contributed by atoms with van der Waals surface area (Å²) in [6.45, 7) is 7.62. The van der Waals surface area contributed by atoms with Crippen LogP contribution < -0.4 is 4.90 Å². The summed E-state index contributed by atoms with van der Waals surface area (Å²) in [5.41, 5.74) is 4.67. The van der Waals surface area contributed by atoms with Gasteiger partial charge in [0.15, 0.2) is 5.78 Å². The van der Waals surface area contributed by atoms with Crippen molar-refractivity contribution in [3.63, 3.8) is 0 Å². The van der Waals surface area contributed by atoms with Gasteiger partial charge in [-0.1, -0.05) is 0 Å². The maximum atomic E-state index is 12.6. The smallest absolute Gasteiger partial charge is 0.161 e. The molecule has 4 aromatic heterocycles. The van der Waals surface area contributed by atoms with Crippen molar-refractivity contribution in [2.75, 3.05) is 24.6 Å². The van der Waals surface area contributed by atoms with Crippen LogP contribution >= 0.6 is 0 Å². The number of aromatic nitrogens is 5. The number of Topliss-reactive ketones (excluding diaryl/α,β-unsaturated/α-hetero) is 1. The standard InChI is InChI=1S/C28H31N7O2/c1-28(2,3)37-18-25(36)19-7-9-34(10-8-19)26-6-5-20(13-30-26)24-11-21(23-15-31-33(4)16-23)17-35-27(24)22(12-29)14-32-35/h5-6,11,13-17,19H,7-10,18H2,1-4H3. The molecule has 0 aliphatic carbocycles. The molecule has 1 aliphatic rings. The molecular formula is C28H31N7O2. The Morgan fingerprint density at radius 2 is 1.86 bits per heavy atom. The van der Waals surface area contributed by atoms with Gasteiger partial charge in [-0.2, -0.15) is 15.5 Å². The van der Waals surface area contributed by atoms with Crippen LogP contribution in [0.15, 0.2) is 49.2 Å². The van der Waals surface area contributed by atoms with Crippen LogP contribution in [-0.4, -0.2) is 55.5 Å². The molecule has 1 aliphatic heterocycles. The molecule has 1 saturated heterocycles. The molecule has 0 aromatic carbocycles. The first-order chi connectivity index (χ1) is 17.7. The molecule has 4 aromatic rings. The van der Waals surface area contributed by atoms with Gasteiger partial charge >= 0.3 is 0 Å². The molecule has 0 spiro atoms. The van der Waals surface area contributed by atoms with E-state index >= 15 is 0 Å². The molecule has 190 valence electrons. The highest BCUT2D eigenvalue weighted by molar-refractivity contribution is 5.87. The van der Waals surface area contributed by atoms with Crippen LogP contribution in [0.1, 0.15) is 39.2 Å². The van der Waals surface area contributed by atoms with Gasteiger partial charge in [0.25, 0.3) is 0 Å². The molecule has 0 bridgehead atoms. The third-order valence-corrected chi connectivity index (χ3v) is 6.75. The molecule has 5 heterocycles. The van der Waals surface area contributed by atoms with Crippen molar-refractivity contribution < 1.29 is 9.53 Å². The lowest BCUT2D eigenvalue weighted by Crippen LogP contribution is -2.38. The molecule has 0 atom stereocenters. The molecule has 0 saturated carbocycles. The average Bonchev–Trinajstić information content (AvgIpc) is 3.52. The average molecular weight is 498 g/mol. The molecular weight excluding hydrogens is 466 g/mol. The maximum Gasteiger partial charge on any atom is 0.161 e. The molecule has 9 nitrogen and oxygen atoms in total. The molecule has 0 unspecified atom stereocenters. The van der Waals surface area contributed by atoms with Gasteiger partial charge in [0.2, 0.25) is 0 Å². The topological polar surface area (TPSA) is 101 Å². The van der Waals surface area contributed by atoms with Crippen molar-refractivity contribution in [3.05, 3.63) is 54.7 Å². The fourth-order valence-electron chi connectivity index (χ4n) is 4.72.